The van der Waals surface area contributed by atoms with Crippen LogP contribution >= 0.6 is 0 Å². The van der Waals surface area contributed by atoms with Crippen molar-refractivity contribution in [3.05, 3.63) is 29.3 Å². The lowest BCUT2D eigenvalue weighted by Crippen LogP contribution is -2.07. The number of methoxy groups -OCH3 is 1. The van der Waals surface area contributed by atoms with Gasteiger partial charge in [0.25, 0.3) is 0 Å². The molecule has 2 N–H and O–H groups in total. The van der Waals surface area contributed by atoms with Gasteiger partial charge in [0.05, 0.1) is 12.7 Å². The number of carbonyl (C=O) groups is 1. The van der Waals surface area contributed by atoms with Gasteiger partial charge in [0, 0.05) is 5.69 Å². The van der Waals surface area contributed by atoms with Gasteiger partial charge in [-0.3, -0.25) is 0 Å². The second-order valence-corrected chi connectivity index (χ2v) is 2.72. The van der Waals surface area contributed by atoms with Crippen LogP contribution in [0.5, 0.6) is 0 Å². The molecule has 0 aromatic heterocycles. The number of esters is 1. The smallest absolute Gasteiger partial charge is 0.339 e. The van der Waals surface area contributed by atoms with Crippen LogP contribution in [0.2, 0.25) is 0 Å². The van der Waals surface area contributed by atoms with Gasteiger partial charge >= 0.3 is 5.97 Å². The normalized spacial score (nSPS) is 9.69. The minimum Gasteiger partial charge on any atom is -0.465 e. The summed E-state index contributed by atoms with van der Waals surface area (Å²) < 4.78 is 4.60. The van der Waals surface area contributed by atoms with Gasteiger partial charge in [-0.2, -0.15) is 0 Å². The molecule has 0 aliphatic carbocycles. The Morgan fingerprint density at radius 3 is 2.77 bits per heavy atom. The Balaban J connectivity index is 3.15. The topological polar surface area (TPSA) is 52.3 Å². The number of hydrogen-bond acceptors (Lipinski definition) is 3. The summed E-state index contributed by atoms with van der Waals surface area (Å²) in [5.74, 6) is -0.382. The Kier molecular flexibility index (Phi) is 2.90. The highest BCUT2D eigenvalue weighted by Gasteiger charge is 2.10. The van der Waals surface area contributed by atoms with Crippen LogP contribution in [0.25, 0.3) is 0 Å². The zero-order valence-electron chi connectivity index (χ0n) is 7.83. The summed E-state index contributed by atoms with van der Waals surface area (Å²) >= 11 is 0. The molecule has 1 aromatic rings. The summed E-state index contributed by atoms with van der Waals surface area (Å²) in [6.07, 6.45) is 0.816. The molecule has 0 bridgehead atoms. The fourth-order valence-electron chi connectivity index (χ4n) is 1.21. The van der Waals surface area contributed by atoms with Gasteiger partial charge < -0.3 is 10.5 Å². The van der Waals surface area contributed by atoms with Gasteiger partial charge in [0.15, 0.2) is 0 Å². The maximum absolute atomic E-state index is 11.2. The lowest BCUT2D eigenvalue weighted by molar-refractivity contribution is 0.0602. The molecule has 0 aliphatic heterocycles. The first-order valence-corrected chi connectivity index (χ1v) is 4.16. The van der Waals surface area contributed by atoms with E-state index in [0.29, 0.717) is 11.3 Å². The quantitative estimate of drug-likeness (QED) is 0.554. The molecule has 0 saturated carbocycles. The molecule has 3 nitrogen and oxygen atoms in total. The SMILES string of the molecule is CCc1cccc(C(=O)OC)c1N. The monoisotopic (exact) mass is 179 g/mol. The second kappa shape index (κ2) is 3.94. The Morgan fingerprint density at radius 2 is 2.23 bits per heavy atom. The van der Waals surface area contributed by atoms with E-state index >= 15 is 0 Å². The second-order valence-electron chi connectivity index (χ2n) is 2.72. The molecular formula is C10H13NO2. The summed E-state index contributed by atoms with van der Waals surface area (Å²) in [5.41, 5.74) is 7.72. The third-order valence-electron chi connectivity index (χ3n) is 1.98. The first-order chi connectivity index (χ1) is 6.20. The van der Waals surface area contributed by atoms with Crippen LogP contribution in [0.4, 0.5) is 5.69 Å². The number of nitrogen functional groups attached to an aromatic ring is 1. The van der Waals surface area contributed by atoms with Gasteiger partial charge in [0.2, 0.25) is 0 Å². The average molecular weight is 179 g/mol. The third kappa shape index (κ3) is 1.80. The van der Waals surface area contributed by atoms with Crippen LogP contribution in [0.3, 0.4) is 0 Å². The standard InChI is InChI=1S/C10H13NO2/c1-3-7-5-4-6-8(9(7)11)10(12)13-2/h4-6H,3,11H2,1-2H3. The highest BCUT2D eigenvalue weighted by atomic mass is 16.5. The van der Waals surface area contributed by atoms with E-state index < -0.39 is 0 Å². The van der Waals surface area contributed by atoms with Gasteiger partial charge in [-0.15, -0.1) is 0 Å². The lowest BCUT2D eigenvalue weighted by Gasteiger charge is -2.07. The largest absolute Gasteiger partial charge is 0.465 e. The van der Waals surface area contributed by atoms with Crippen molar-refractivity contribution in [1.29, 1.82) is 0 Å². The minimum absolute atomic E-state index is 0.382. The highest BCUT2D eigenvalue weighted by Crippen LogP contribution is 2.18. The Hall–Kier alpha value is -1.51. The molecule has 0 aliphatic rings. The lowest BCUT2D eigenvalue weighted by atomic mass is 10.1. The average Bonchev–Trinajstić information content (AvgIpc) is 2.17. The van der Waals surface area contributed by atoms with Gasteiger partial charge in [-0.25, -0.2) is 4.79 Å². The van der Waals surface area contributed by atoms with E-state index in [2.05, 4.69) is 4.74 Å². The predicted octanol–water partition coefficient (Wildman–Crippen LogP) is 1.62. The van der Waals surface area contributed by atoms with E-state index in [0.717, 1.165) is 12.0 Å². The van der Waals surface area contributed by atoms with Crippen molar-refractivity contribution in [1.82, 2.24) is 0 Å². The van der Waals surface area contributed by atoms with E-state index in [4.69, 9.17) is 5.73 Å². The molecule has 70 valence electrons. The summed E-state index contributed by atoms with van der Waals surface area (Å²) in [6.45, 7) is 1.99. The van der Waals surface area contributed by atoms with Crippen LogP contribution in [0, 0.1) is 0 Å². The summed E-state index contributed by atoms with van der Waals surface area (Å²) in [7, 11) is 1.35. The molecule has 0 saturated heterocycles. The number of ether oxygens (including phenoxy) is 1. The Labute approximate surface area is 77.5 Å². The van der Waals surface area contributed by atoms with Crippen molar-refractivity contribution < 1.29 is 9.53 Å². The molecule has 1 aromatic carbocycles. The van der Waals surface area contributed by atoms with E-state index in [1.165, 1.54) is 7.11 Å². The van der Waals surface area contributed by atoms with E-state index in [9.17, 15) is 4.79 Å². The van der Waals surface area contributed by atoms with Gasteiger partial charge in [-0.1, -0.05) is 19.1 Å². The number of carbonyl (C=O) groups excluding carboxylic acids is 1. The fourth-order valence-corrected chi connectivity index (χ4v) is 1.21. The van der Waals surface area contributed by atoms with E-state index in [-0.39, 0.29) is 5.97 Å². The number of anilines is 1. The minimum atomic E-state index is -0.382. The van der Waals surface area contributed by atoms with Crippen LogP contribution in [0.15, 0.2) is 18.2 Å². The van der Waals surface area contributed by atoms with Gasteiger partial charge in [-0.05, 0) is 18.1 Å². The molecule has 3 heteroatoms. The van der Waals surface area contributed by atoms with Crippen molar-refractivity contribution in [2.75, 3.05) is 12.8 Å². The molecular weight excluding hydrogens is 166 g/mol. The summed E-state index contributed by atoms with van der Waals surface area (Å²) in [5, 5.41) is 0. The first kappa shape index (κ1) is 9.58. The number of para-hydroxylation sites is 1. The zero-order valence-corrected chi connectivity index (χ0v) is 7.83. The fraction of sp³-hybridized carbons (Fsp3) is 0.300. The van der Waals surface area contributed by atoms with Crippen LogP contribution < -0.4 is 5.73 Å². The molecule has 1 rings (SSSR count). The van der Waals surface area contributed by atoms with Crippen molar-refractivity contribution in [2.24, 2.45) is 0 Å². The van der Waals surface area contributed by atoms with Crippen LogP contribution in [0.1, 0.15) is 22.8 Å². The van der Waals surface area contributed by atoms with Crippen molar-refractivity contribution >= 4 is 11.7 Å². The van der Waals surface area contributed by atoms with Crippen molar-refractivity contribution in [3.8, 4) is 0 Å². The first-order valence-electron chi connectivity index (χ1n) is 4.16. The number of nitrogens with two attached hydrogens (primary N) is 1. The highest BCUT2D eigenvalue weighted by molar-refractivity contribution is 5.95. The van der Waals surface area contributed by atoms with Gasteiger partial charge in [0.1, 0.15) is 0 Å². The molecule has 0 unspecified atom stereocenters. The summed E-state index contributed by atoms with van der Waals surface area (Å²) in [6, 6.07) is 5.38. The molecule has 0 spiro atoms. The molecule has 0 amide bonds. The van der Waals surface area contributed by atoms with Crippen LogP contribution in [-0.4, -0.2) is 13.1 Å². The Morgan fingerprint density at radius 1 is 1.54 bits per heavy atom. The molecule has 0 fully saturated rings. The van der Waals surface area contributed by atoms with Crippen molar-refractivity contribution in [3.63, 3.8) is 0 Å². The van der Waals surface area contributed by atoms with Crippen molar-refractivity contribution in [2.45, 2.75) is 13.3 Å². The summed E-state index contributed by atoms with van der Waals surface area (Å²) in [4.78, 5) is 11.2. The number of hydrogen-bond donors (Lipinski definition) is 1. The molecule has 0 radical (unpaired) electrons. The molecule has 0 heterocycles. The Bertz CT molecular complexity index is 321. The number of rotatable bonds is 2. The predicted molar refractivity (Wildman–Crippen MR) is 51.6 cm³/mol. The number of aryl methyl sites for hydroxylation is 1. The van der Waals surface area contributed by atoms with Crippen LogP contribution in [-0.2, 0) is 11.2 Å². The number of benzene rings is 1. The molecule has 0 atom stereocenters. The van der Waals surface area contributed by atoms with E-state index in [1.54, 1.807) is 12.1 Å². The molecule has 13 heavy (non-hydrogen) atoms. The maximum atomic E-state index is 11.2. The maximum Gasteiger partial charge on any atom is 0.339 e. The zero-order chi connectivity index (χ0) is 9.84. The van der Waals surface area contributed by atoms with E-state index in [1.807, 2.05) is 13.0 Å². The third-order valence-corrected chi connectivity index (χ3v) is 1.98.